The Labute approximate surface area is 131 Å². The van der Waals surface area contributed by atoms with Crippen LogP contribution in [0.25, 0.3) is 0 Å². The summed E-state index contributed by atoms with van der Waals surface area (Å²) in [7, 11) is 1.61. The van der Waals surface area contributed by atoms with E-state index in [2.05, 4.69) is 28.1 Å². The Balaban J connectivity index is 1.98. The summed E-state index contributed by atoms with van der Waals surface area (Å²) in [5, 5.41) is 9.22. The van der Waals surface area contributed by atoms with Crippen molar-refractivity contribution in [3.63, 3.8) is 0 Å². The summed E-state index contributed by atoms with van der Waals surface area (Å²) < 4.78 is 0. The lowest BCUT2D eigenvalue weighted by atomic mass is 9.90. The molecule has 22 heavy (non-hydrogen) atoms. The highest BCUT2D eigenvalue weighted by atomic mass is 16.2. The van der Waals surface area contributed by atoms with Crippen molar-refractivity contribution in [1.82, 2.24) is 10.6 Å². The first kappa shape index (κ1) is 16.5. The molecule has 1 atom stereocenters. The zero-order valence-corrected chi connectivity index (χ0v) is 13.1. The van der Waals surface area contributed by atoms with Crippen LogP contribution in [0.3, 0.4) is 0 Å². The third-order valence-corrected chi connectivity index (χ3v) is 4.20. The van der Waals surface area contributed by atoms with Gasteiger partial charge in [0.25, 0.3) is 0 Å². The Morgan fingerprint density at radius 3 is 2.59 bits per heavy atom. The van der Waals surface area contributed by atoms with Gasteiger partial charge in [-0.25, -0.2) is 0 Å². The van der Waals surface area contributed by atoms with E-state index in [0.29, 0.717) is 18.8 Å². The van der Waals surface area contributed by atoms with Gasteiger partial charge >= 0.3 is 0 Å². The quantitative estimate of drug-likeness (QED) is 0.670. The van der Waals surface area contributed by atoms with Crippen LogP contribution in [0.1, 0.15) is 37.2 Å². The highest BCUT2D eigenvalue weighted by Crippen LogP contribution is 2.26. The molecule has 5 heteroatoms. The topological polar surface area (TPSA) is 70.2 Å². The van der Waals surface area contributed by atoms with E-state index in [1.807, 2.05) is 12.1 Å². The van der Waals surface area contributed by atoms with Crippen molar-refractivity contribution in [3.05, 3.63) is 29.8 Å². The molecule has 1 aromatic rings. The molecule has 1 heterocycles. The molecule has 5 nitrogen and oxygen atoms in total. The number of carbonyl (C=O) groups excluding carboxylic acids is 2. The predicted molar refractivity (Wildman–Crippen MR) is 88.1 cm³/mol. The van der Waals surface area contributed by atoms with Gasteiger partial charge in [0.15, 0.2) is 0 Å². The van der Waals surface area contributed by atoms with Crippen molar-refractivity contribution in [2.45, 2.75) is 37.6 Å². The molecular weight excluding hydrogens is 278 g/mol. The minimum absolute atomic E-state index is 0.0933. The van der Waals surface area contributed by atoms with Gasteiger partial charge in [-0.2, -0.15) is 0 Å². The number of anilines is 1. The summed E-state index contributed by atoms with van der Waals surface area (Å²) in [4.78, 5) is 22.4. The number of nitrogens with one attached hydrogen (secondary N) is 3. The van der Waals surface area contributed by atoms with Crippen molar-refractivity contribution in [1.29, 1.82) is 0 Å². The first-order valence-corrected chi connectivity index (χ1v) is 7.97. The lowest BCUT2D eigenvalue weighted by molar-refractivity contribution is -0.121. The molecule has 120 valence electrons. The van der Waals surface area contributed by atoms with E-state index in [4.69, 9.17) is 0 Å². The van der Waals surface area contributed by atoms with Crippen LogP contribution in [0.2, 0.25) is 0 Å². The Bertz CT molecular complexity index is 481. The molecule has 1 fully saturated rings. The number of rotatable bonds is 7. The van der Waals surface area contributed by atoms with E-state index in [0.717, 1.165) is 25.1 Å². The van der Waals surface area contributed by atoms with Gasteiger partial charge in [-0.05, 0) is 56.0 Å². The van der Waals surface area contributed by atoms with Gasteiger partial charge in [0.2, 0.25) is 5.91 Å². The molecule has 1 aromatic carbocycles. The van der Waals surface area contributed by atoms with Gasteiger partial charge in [0, 0.05) is 19.2 Å². The smallest absolute Gasteiger partial charge is 0.242 e. The first-order valence-electron chi connectivity index (χ1n) is 7.97. The Morgan fingerprint density at radius 2 is 2.00 bits per heavy atom. The number of likely N-dealkylation sites (N-methyl/N-ethyl adjacent to an activating group) is 1. The van der Waals surface area contributed by atoms with E-state index < -0.39 is 0 Å². The molecule has 0 aromatic heterocycles. The number of carbonyl (C=O) groups is 2. The highest BCUT2D eigenvalue weighted by Gasteiger charge is 2.17. The van der Waals surface area contributed by atoms with E-state index in [9.17, 15) is 9.59 Å². The lowest BCUT2D eigenvalue weighted by Gasteiger charge is -2.23. The predicted octanol–water partition coefficient (Wildman–Crippen LogP) is 1.66. The standard InChI is InChI=1S/C17H25N3O2/c1-18-17(22)16(3-2-12-21)20-15-6-4-13(5-7-15)14-8-10-19-11-9-14/h4-7,12,14,16,19-20H,2-3,8-11H2,1H3,(H,18,22). The van der Waals surface area contributed by atoms with Crippen LogP contribution in [-0.2, 0) is 9.59 Å². The summed E-state index contributed by atoms with van der Waals surface area (Å²) >= 11 is 0. The zero-order chi connectivity index (χ0) is 15.8. The van der Waals surface area contributed by atoms with Gasteiger partial charge in [-0.3, -0.25) is 4.79 Å². The molecule has 0 bridgehead atoms. The second-order valence-electron chi connectivity index (χ2n) is 5.70. The maximum atomic E-state index is 11.8. The Hall–Kier alpha value is -1.88. The van der Waals surface area contributed by atoms with Crippen molar-refractivity contribution in [2.24, 2.45) is 0 Å². The molecule has 0 radical (unpaired) electrons. The SMILES string of the molecule is CNC(=O)C(CCC=O)Nc1ccc(C2CCNCC2)cc1. The fourth-order valence-corrected chi connectivity index (χ4v) is 2.89. The third-order valence-electron chi connectivity index (χ3n) is 4.20. The summed E-state index contributed by atoms with van der Waals surface area (Å²) in [5.74, 6) is 0.532. The van der Waals surface area contributed by atoms with Gasteiger partial charge in [0.05, 0.1) is 0 Å². The van der Waals surface area contributed by atoms with Gasteiger partial charge < -0.3 is 20.7 Å². The van der Waals surface area contributed by atoms with E-state index >= 15 is 0 Å². The van der Waals surface area contributed by atoms with Gasteiger partial charge in [-0.15, -0.1) is 0 Å². The largest absolute Gasteiger partial charge is 0.374 e. The van der Waals surface area contributed by atoms with Crippen LogP contribution in [-0.4, -0.2) is 38.4 Å². The molecule has 1 unspecified atom stereocenters. The molecule has 0 spiro atoms. The number of aldehydes is 1. The maximum absolute atomic E-state index is 11.8. The average Bonchev–Trinajstić information content (AvgIpc) is 2.59. The summed E-state index contributed by atoms with van der Waals surface area (Å²) in [6.45, 7) is 2.16. The normalized spacial score (nSPS) is 16.8. The van der Waals surface area contributed by atoms with Crippen LogP contribution in [0, 0.1) is 0 Å². The van der Waals surface area contributed by atoms with Crippen LogP contribution >= 0.6 is 0 Å². The number of piperidine rings is 1. The summed E-state index contributed by atoms with van der Waals surface area (Å²) in [6, 6.07) is 7.94. The molecular formula is C17H25N3O2. The minimum Gasteiger partial charge on any atom is -0.374 e. The van der Waals surface area contributed by atoms with Crippen LogP contribution < -0.4 is 16.0 Å². The number of amides is 1. The molecule has 2 rings (SSSR count). The van der Waals surface area contributed by atoms with Crippen molar-refractivity contribution >= 4 is 17.9 Å². The molecule has 0 aliphatic carbocycles. The molecule has 3 N–H and O–H groups in total. The number of hydrogen-bond acceptors (Lipinski definition) is 4. The minimum atomic E-state index is -0.375. The maximum Gasteiger partial charge on any atom is 0.242 e. The van der Waals surface area contributed by atoms with Crippen molar-refractivity contribution in [2.75, 3.05) is 25.5 Å². The summed E-state index contributed by atoms with van der Waals surface area (Å²) in [6.07, 6.45) is 4.06. The second-order valence-corrected chi connectivity index (χ2v) is 5.70. The fourth-order valence-electron chi connectivity index (χ4n) is 2.89. The van der Waals surface area contributed by atoms with Gasteiger partial charge in [0.1, 0.15) is 12.3 Å². The van der Waals surface area contributed by atoms with Gasteiger partial charge in [-0.1, -0.05) is 12.1 Å². The fraction of sp³-hybridized carbons (Fsp3) is 0.529. The van der Waals surface area contributed by atoms with E-state index in [1.165, 1.54) is 18.4 Å². The van der Waals surface area contributed by atoms with E-state index in [1.54, 1.807) is 7.05 Å². The number of benzene rings is 1. The molecule has 0 saturated carbocycles. The zero-order valence-electron chi connectivity index (χ0n) is 13.1. The average molecular weight is 303 g/mol. The monoisotopic (exact) mass is 303 g/mol. The molecule has 1 aliphatic heterocycles. The molecule has 1 amide bonds. The lowest BCUT2D eigenvalue weighted by Crippen LogP contribution is -2.37. The highest BCUT2D eigenvalue weighted by molar-refractivity contribution is 5.84. The third kappa shape index (κ3) is 4.56. The van der Waals surface area contributed by atoms with Crippen molar-refractivity contribution in [3.8, 4) is 0 Å². The summed E-state index contributed by atoms with van der Waals surface area (Å²) in [5.41, 5.74) is 2.27. The van der Waals surface area contributed by atoms with E-state index in [-0.39, 0.29) is 11.9 Å². The van der Waals surface area contributed by atoms with Crippen molar-refractivity contribution < 1.29 is 9.59 Å². The molecule has 1 aliphatic rings. The first-order chi connectivity index (χ1) is 10.7. The number of hydrogen-bond donors (Lipinski definition) is 3. The Kier molecular flexibility index (Phi) is 6.40. The molecule has 1 saturated heterocycles. The second kappa shape index (κ2) is 8.54. The Morgan fingerprint density at radius 1 is 1.32 bits per heavy atom. The van der Waals surface area contributed by atoms with Crippen LogP contribution in [0.4, 0.5) is 5.69 Å². The van der Waals surface area contributed by atoms with Crippen LogP contribution in [0.15, 0.2) is 24.3 Å². The van der Waals surface area contributed by atoms with Crippen LogP contribution in [0.5, 0.6) is 0 Å².